The van der Waals surface area contributed by atoms with Gasteiger partial charge < -0.3 is 25.5 Å². The van der Waals surface area contributed by atoms with Gasteiger partial charge in [-0.2, -0.15) is 0 Å². The van der Waals surface area contributed by atoms with Crippen molar-refractivity contribution < 1.29 is 24.9 Å². The Bertz CT molecular complexity index is 304. The predicted octanol–water partition coefficient (Wildman–Crippen LogP) is -0.231. The maximum atomic E-state index is 12.0. The van der Waals surface area contributed by atoms with E-state index in [2.05, 4.69) is 5.32 Å². The van der Waals surface area contributed by atoms with Gasteiger partial charge in [0.1, 0.15) is 0 Å². The number of carboxylic acids is 1. The molecule has 0 aromatic carbocycles. The number of carbonyl (C=O) groups excluding carboxylic acids is 1. The van der Waals surface area contributed by atoms with Crippen LogP contribution in [0, 0.1) is 0 Å². The Morgan fingerprint density at radius 3 is 2.42 bits per heavy atom. The van der Waals surface area contributed by atoms with Crippen LogP contribution in [0.15, 0.2) is 0 Å². The van der Waals surface area contributed by atoms with Gasteiger partial charge in [-0.05, 0) is 12.8 Å². The molecule has 0 saturated heterocycles. The van der Waals surface area contributed by atoms with Crippen molar-refractivity contribution in [3.63, 3.8) is 0 Å². The summed E-state index contributed by atoms with van der Waals surface area (Å²) in [6.45, 7) is -0.242. The number of aliphatic hydroxyl groups excluding tert-OH is 2. The van der Waals surface area contributed by atoms with Gasteiger partial charge in [-0.3, -0.25) is 0 Å². The Labute approximate surface area is 112 Å². The van der Waals surface area contributed by atoms with Crippen LogP contribution in [-0.4, -0.2) is 64.1 Å². The summed E-state index contributed by atoms with van der Waals surface area (Å²) < 4.78 is 0. The first-order valence-corrected chi connectivity index (χ1v) is 6.62. The fourth-order valence-corrected chi connectivity index (χ4v) is 2.32. The van der Waals surface area contributed by atoms with Crippen LogP contribution in [-0.2, 0) is 4.79 Å². The Hall–Kier alpha value is -1.34. The van der Waals surface area contributed by atoms with E-state index in [9.17, 15) is 9.59 Å². The van der Waals surface area contributed by atoms with E-state index in [1.807, 2.05) is 0 Å². The van der Waals surface area contributed by atoms with Gasteiger partial charge in [-0.25, -0.2) is 9.59 Å². The van der Waals surface area contributed by atoms with Crippen molar-refractivity contribution in [2.24, 2.45) is 0 Å². The largest absolute Gasteiger partial charge is 0.479 e. The summed E-state index contributed by atoms with van der Waals surface area (Å²) in [6, 6.07) is -0.343. The van der Waals surface area contributed by atoms with E-state index in [0.717, 1.165) is 32.1 Å². The number of amides is 2. The first-order valence-electron chi connectivity index (χ1n) is 6.62. The first-order chi connectivity index (χ1) is 9.06. The van der Waals surface area contributed by atoms with Crippen LogP contribution in [0.1, 0.15) is 32.1 Å². The molecular formula is C12H22N2O5. The minimum absolute atomic E-state index is 0.0860. The first kappa shape index (κ1) is 15.7. The zero-order chi connectivity index (χ0) is 14.3. The standard InChI is InChI=1S/C12H22N2O5/c15-7-6-14(9-4-2-1-3-5-9)12(19)13-8-10(16)11(17)18/h9-10,15-16H,1-8H2,(H,13,19)(H,17,18). The Balaban J connectivity index is 2.49. The molecule has 1 saturated carbocycles. The van der Waals surface area contributed by atoms with Crippen LogP contribution in [0.5, 0.6) is 0 Å². The lowest BCUT2D eigenvalue weighted by Gasteiger charge is -2.34. The van der Waals surface area contributed by atoms with Gasteiger partial charge in [0.2, 0.25) is 0 Å². The highest BCUT2D eigenvalue weighted by Crippen LogP contribution is 2.22. The van der Waals surface area contributed by atoms with E-state index < -0.39 is 18.1 Å². The minimum Gasteiger partial charge on any atom is -0.479 e. The SMILES string of the molecule is O=C(O)C(O)CNC(=O)N(CCO)C1CCCCC1. The van der Waals surface area contributed by atoms with Gasteiger partial charge in [0.05, 0.1) is 13.2 Å². The monoisotopic (exact) mass is 274 g/mol. The number of urea groups is 1. The molecule has 19 heavy (non-hydrogen) atoms. The molecule has 0 radical (unpaired) electrons. The molecule has 0 bridgehead atoms. The number of aliphatic hydroxyl groups is 2. The van der Waals surface area contributed by atoms with Crippen molar-refractivity contribution in [1.29, 1.82) is 0 Å². The van der Waals surface area contributed by atoms with Gasteiger partial charge in [0.15, 0.2) is 6.10 Å². The lowest BCUT2D eigenvalue weighted by atomic mass is 9.94. The summed E-state index contributed by atoms with van der Waals surface area (Å²) >= 11 is 0. The van der Waals surface area contributed by atoms with Crippen molar-refractivity contribution in [2.45, 2.75) is 44.2 Å². The number of carboxylic acid groups (broad SMARTS) is 1. The van der Waals surface area contributed by atoms with Crippen molar-refractivity contribution in [3.05, 3.63) is 0 Å². The van der Waals surface area contributed by atoms with E-state index in [0.29, 0.717) is 0 Å². The number of rotatable bonds is 6. The lowest BCUT2D eigenvalue weighted by Crippen LogP contribution is -2.50. The molecule has 1 fully saturated rings. The maximum absolute atomic E-state index is 12.0. The summed E-state index contributed by atoms with van der Waals surface area (Å²) in [7, 11) is 0. The van der Waals surface area contributed by atoms with Crippen LogP contribution in [0.2, 0.25) is 0 Å². The molecule has 7 heteroatoms. The molecule has 4 N–H and O–H groups in total. The molecule has 0 aromatic rings. The Morgan fingerprint density at radius 1 is 1.26 bits per heavy atom. The van der Waals surface area contributed by atoms with Gasteiger partial charge in [-0.15, -0.1) is 0 Å². The second-order valence-corrected chi connectivity index (χ2v) is 4.75. The van der Waals surface area contributed by atoms with E-state index in [1.165, 1.54) is 4.90 Å². The normalized spacial score (nSPS) is 17.8. The van der Waals surface area contributed by atoms with Crippen molar-refractivity contribution in [3.8, 4) is 0 Å². The molecule has 0 heterocycles. The molecule has 1 rings (SSSR count). The molecule has 2 amide bonds. The summed E-state index contributed by atoms with van der Waals surface area (Å²) in [4.78, 5) is 23.9. The van der Waals surface area contributed by atoms with Gasteiger partial charge >= 0.3 is 12.0 Å². The number of aliphatic carboxylic acids is 1. The van der Waals surface area contributed by atoms with Crippen LogP contribution in [0.4, 0.5) is 4.79 Å². The third kappa shape index (κ3) is 5.04. The average molecular weight is 274 g/mol. The highest BCUT2D eigenvalue weighted by molar-refractivity contribution is 5.77. The molecule has 7 nitrogen and oxygen atoms in total. The van der Waals surface area contributed by atoms with Crippen LogP contribution in [0.3, 0.4) is 0 Å². The zero-order valence-electron chi connectivity index (χ0n) is 10.9. The molecule has 1 aliphatic rings. The molecule has 0 aliphatic heterocycles. The molecule has 1 atom stereocenters. The van der Waals surface area contributed by atoms with Crippen LogP contribution >= 0.6 is 0 Å². The molecule has 1 aliphatic carbocycles. The maximum Gasteiger partial charge on any atom is 0.334 e. The smallest absolute Gasteiger partial charge is 0.334 e. The van der Waals surface area contributed by atoms with E-state index in [1.54, 1.807) is 0 Å². The van der Waals surface area contributed by atoms with Crippen molar-refractivity contribution in [1.82, 2.24) is 10.2 Å². The topological polar surface area (TPSA) is 110 Å². The third-order valence-electron chi connectivity index (χ3n) is 3.35. The third-order valence-corrected chi connectivity index (χ3v) is 3.35. The number of hydrogen-bond donors (Lipinski definition) is 4. The van der Waals surface area contributed by atoms with E-state index in [-0.39, 0.29) is 25.7 Å². The fourth-order valence-electron chi connectivity index (χ4n) is 2.32. The Morgan fingerprint density at radius 2 is 1.89 bits per heavy atom. The number of nitrogens with zero attached hydrogens (tertiary/aromatic N) is 1. The van der Waals surface area contributed by atoms with Gasteiger partial charge in [0, 0.05) is 12.6 Å². The van der Waals surface area contributed by atoms with Gasteiger partial charge in [0.25, 0.3) is 0 Å². The summed E-state index contributed by atoms with van der Waals surface area (Å²) in [6.07, 6.45) is 3.45. The predicted molar refractivity (Wildman–Crippen MR) is 67.7 cm³/mol. The average Bonchev–Trinajstić information content (AvgIpc) is 2.42. The number of carbonyl (C=O) groups is 2. The summed E-state index contributed by atoms with van der Waals surface area (Å²) in [5, 5.41) is 29.1. The zero-order valence-corrected chi connectivity index (χ0v) is 10.9. The molecule has 0 aromatic heterocycles. The molecule has 0 spiro atoms. The van der Waals surface area contributed by atoms with Crippen LogP contribution in [0.25, 0.3) is 0 Å². The molecule has 110 valence electrons. The highest BCUT2D eigenvalue weighted by Gasteiger charge is 2.25. The quantitative estimate of drug-likeness (QED) is 0.535. The van der Waals surface area contributed by atoms with E-state index in [4.69, 9.17) is 15.3 Å². The minimum atomic E-state index is -1.61. The van der Waals surface area contributed by atoms with Crippen molar-refractivity contribution in [2.75, 3.05) is 19.7 Å². The molecular weight excluding hydrogens is 252 g/mol. The second kappa shape index (κ2) is 7.96. The number of nitrogens with one attached hydrogen (secondary N) is 1. The fraction of sp³-hybridized carbons (Fsp3) is 0.833. The second-order valence-electron chi connectivity index (χ2n) is 4.75. The van der Waals surface area contributed by atoms with Crippen LogP contribution < -0.4 is 5.32 Å². The number of hydrogen-bond acceptors (Lipinski definition) is 4. The lowest BCUT2D eigenvalue weighted by molar-refractivity contribution is -0.146. The Kier molecular flexibility index (Phi) is 6.58. The van der Waals surface area contributed by atoms with Gasteiger partial charge in [-0.1, -0.05) is 19.3 Å². The summed E-state index contributed by atoms with van der Waals surface area (Å²) in [5.74, 6) is -1.37. The summed E-state index contributed by atoms with van der Waals surface area (Å²) in [5.41, 5.74) is 0. The van der Waals surface area contributed by atoms with E-state index >= 15 is 0 Å². The highest BCUT2D eigenvalue weighted by atomic mass is 16.4. The van der Waals surface area contributed by atoms with Crippen molar-refractivity contribution >= 4 is 12.0 Å². The molecule has 1 unspecified atom stereocenters.